The van der Waals surface area contributed by atoms with Crippen LogP contribution >= 0.6 is 15.9 Å². The van der Waals surface area contributed by atoms with Crippen LogP contribution in [-0.4, -0.2) is 11.4 Å². The van der Waals surface area contributed by atoms with Gasteiger partial charge in [0.1, 0.15) is 11.9 Å². The predicted octanol–water partition coefficient (Wildman–Crippen LogP) is 3.17. The van der Waals surface area contributed by atoms with Crippen molar-refractivity contribution in [2.45, 2.75) is 25.4 Å². The summed E-state index contributed by atoms with van der Waals surface area (Å²) in [6.45, 7) is 0. The van der Waals surface area contributed by atoms with Crippen LogP contribution in [0.5, 0.6) is 5.75 Å². The van der Waals surface area contributed by atoms with Crippen molar-refractivity contribution in [1.82, 2.24) is 0 Å². The van der Waals surface area contributed by atoms with Crippen LogP contribution in [0.3, 0.4) is 0 Å². The fraction of sp³-hybridized carbons (Fsp3) is 0.455. The van der Waals surface area contributed by atoms with Crippen molar-refractivity contribution in [1.29, 1.82) is 0 Å². The van der Waals surface area contributed by atoms with Gasteiger partial charge in [0.25, 0.3) is 0 Å². The maximum absolute atomic E-state index is 5.79. The maximum Gasteiger partial charge on any atom is 0.123 e. The lowest BCUT2D eigenvalue weighted by atomic mass is 10.1. The third-order valence-corrected chi connectivity index (χ3v) is 2.93. The first-order chi connectivity index (χ1) is 6.40. The highest BCUT2D eigenvalue weighted by atomic mass is 79.9. The van der Waals surface area contributed by atoms with Gasteiger partial charge in [0.15, 0.2) is 0 Å². The summed E-state index contributed by atoms with van der Waals surface area (Å²) in [5.41, 5.74) is 1.36. The van der Waals surface area contributed by atoms with E-state index in [1.54, 1.807) is 0 Å². The van der Waals surface area contributed by atoms with E-state index in [0.717, 1.165) is 23.9 Å². The minimum atomic E-state index is 0.412. The Morgan fingerprint density at radius 2 is 2.23 bits per heavy atom. The summed E-state index contributed by atoms with van der Waals surface area (Å²) >= 11 is 3.44. The Bertz CT molecular complexity index is 260. The molecule has 0 saturated carbocycles. The first-order valence-corrected chi connectivity index (χ1v) is 5.83. The van der Waals surface area contributed by atoms with Crippen molar-refractivity contribution < 1.29 is 4.74 Å². The molecular formula is C11H13BrO. The number of fused-ring (bicyclic) bond motifs is 1. The van der Waals surface area contributed by atoms with Gasteiger partial charge in [-0.1, -0.05) is 34.1 Å². The second kappa shape index (κ2) is 4.14. The largest absolute Gasteiger partial charge is 0.490 e. The first kappa shape index (κ1) is 9.07. The van der Waals surface area contributed by atoms with Gasteiger partial charge in [0.2, 0.25) is 0 Å². The Morgan fingerprint density at radius 1 is 1.38 bits per heavy atom. The quantitative estimate of drug-likeness (QED) is 0.738. The van der Waals surface area contributed by atoms with Crippen molar-refractivity contribution in [2.24, 2.45) is 0 Å². The second-order valence-corrected chi connectivity index (χ2v) is 4.18. The third-order valence-electron chi connectivity index (χ3n) is 2.37. The molecule has 1 nitrogen and oxygen atoms in total. The number of hydrogen-bond donors (Lipinski definition) is 0. The molecule has 0 spiro atoms. The van der Waals surface area contributed by atoms with E-state index in [0.29, 0.717) is 6.10 Å². The molecule has 0 aliphatic carbocycles. The van der Waals surface area contributed by atoms with Gasteiger partial charge in [-0.25, -0.2) is 0 Å². The van der Waals surface area contributed by atoms with Crippen molar-refractivity contribution in [3.63, 3.8) is 0 Å². The smallest absolute Gasteiger partial charge is 0.123 e. The Balaban J connectivity index is 1.97. The zero-order chi connectivity index (χ0) is 9.10. The SMILES string of the molecule is BrCCCC1Cc2ccccc2O1. The molecular weight excluding hydrogens is 228 g/mol. The average molecular weight is 241 g/mol. The van der Waals surface area contributed by atoms with Gasteiger partial charge < -0.3 is 4.74 Å². The normalized spacial score (nSPS) is 19.6. The zero-order valence-electron chi connectivity index (χ0n) is 7.50. The summed E-state index contributed by atoms with van der Waals surface area (Å²) < 4.78 is 5.79. The molecule has 0 aromatic heterocycles. The molecule has 0 fully saturated rings. The highest BCUT2D eigenvalue weighted by Gasteiger charge is 2.21. The molecule has 2 rings (SSSR count). The summed E-state index contributed by atoms with van der Waals surface area (Å²) in [5, 5.41) is 1.07. The van der Waals surface area contributed by atoms with E-state index < -0.39 is 0 Å². The molecule has 70 valence electrons. The summed E-state index contributed by atoms with van der Waals surface area (Å²) in [6, 6.07) is 8.33. The van der Waals surface area contributed by atoms with Crippen LogP contribution in [0.1, 0.15) is 18.4 Å². The summed E-state index contributed by atoms with van der Waals surface area (Å²) in [4.78, 5) is 0. The molecule has 2 heteroatoms. The van der Waals surface area contributed by atoms with Crippen LogP contribution in [0.15, 0.2) is 24.3 Å². The molecule has 1 atom stereocenters. The predicted molar refractivity (Wildman–Crippen MR) is 57.6 cm³/mol. The fourth-order valence-corrected chi connectivity index (χ4v) is 2.04. The number of benzene rings is 1. The summed E-state index contributed by atoms with van der Waals surface area (Å²) in [7, 11) is 0. The highest BCUT2D eigenvalue weighted by molar-refractivity contribution is 9.09. The molecule has 1 heterocycles. The topological polar surface area (TPSA) is 9.23 Å². The van der Waals surface area contributed by atoms with Crippen molar-refractivity contribution in [2.75, 3.05) is 5.33 Å². The van der Waals surface area contributed by atoms with E-state index in [2.05, 4.69) is 34.1 Å². The number of ether oxygens (including phenoxy) is 1. The lowest BCUT2D eigenvalue weighted by Gasteiger charge is -2.08. The zero-order valence-corrected chi connectivity index (χ0v) is 9.09. The maximum atomic E-state index is 5.79. The number of hydrogen-bond acceptors (Lipinski definition) is 1. The Labute approximate surface area is 87.2 Å². The summed E-state index contributed by atoms with van der Waals surface area (Å²) in [5.74, 6) is 1.09. The van der Waals surface area contributed by atoms with Crippen LogP contribution in [-0.2, 0) is 6.42 Å². The number of rotatable bonds is 3. The highest BCUT2D eigenvalue weighted by Crippen LogP contribution is 2.29. The van der Waals surface area contributed by atoms with Crippen LogP contribution in [0.4, 0.5) is 0 Å². The van der Waals surface area contributed by atoms with Crippen LogP contribution < -0.4 is 4.74 Å². The monoisotopic (exact) mass is 240 g/mol. The van der Waals surface area contributed by atoms with Gasteiger partial charge in [-0.05, 0) is 24.5 Å². The molecule has 0 bridgehead atoms. The molecule has 1 unspecified atom stereocenters. The van der Waals surface area contributed by atoms with Gasteiger partial charge in [-0.3, -0.25) is 0 Å². The van der Waals surface area contributed by atoms with Crippen LogP contribution in [0, 0.1) is 0 Å². The average Bonchev–Trinajstić information content (AvgIpc) is 2.57. The molecule has 0 amide bonds. The van der Waals surface area contributed by atoms with E-state index in [1.807, 2.05) is 6.07 Å². The number of alkyl halides is 1. The van der Waals surface area contributed by atoms with E-state index in [-0.39, 0.29) is 0 Å². The van der Waals surface area contributed by atoms with E-state index in [4.69, 9.17) is 4.74 Å². The number of para-hydroxylation sites is 1. The second-order valence-electron chi connectivity index (χ2n) is 3.38. The molecule has 1 aromatic carbocycles. The van der Waals surface area contributed by atoms with Gasteiger partial charge in [-0.2, -0.15) is 0 Å². The minimum absolute atomic E-state index is 0.412. The van der Waals surface area contributed by atoms with Crippen molar-refractivity contribution >= 4 is 15.9 Å². The lowest BCUT2D eigenvalue weighted by molar-refractivity contribution is 0.221. The van der Waals surface area contributed by atoms with Gasteiger partial charge in [-0.15, -0.1) is 0 Å². The fourth-order valence-electron chi connectivity index (χ4n) is 1.72. The third kappa shape index (κ3) is 2.05. The van der Waals surface area contributed by atoms with Gasteiger partial charge in [0.05, 0.1) is 0 Å². The lowest BCUT2D eigenvalue weighted by Crippen LogP contribution is -2.12. The van der Waals surface area contributed by atoms with E-state index in [1.165, 1.54) is 12.0 Å². The summed E-state index contributed by atoms with van der Waals surface area (Å²) in [6.07, 6.45) is 3.84. The Hall–Kier alpha value is -0.500. The van der Waals surface area contributed by atoms with Crippen molar-refractivity contribution in [3.8, 4) is 5.75 Å². The molecule has 1 aliphatic heterocycles. The Kier molecular flexibility index (Phi) is 2.89. The standard InChI is InChI=1S/C11H13BrO/c12-7-3-5-10-8-9-4-1-2-6-11(9)13-10/h1-2,4,6,10H,3,5,7-8H2. The minimum Gasteiger partial charge on any atom is -0.490 e. The molecule has 1 aromatic rings. The van der Waals surface area contributed by atoms with Crippen LogP contribution in [0.25, 0.3) is 0 Å². The molecule has 0 saturated heterocycles. The molecule has 0 N–H and O–H groups in total. The van der Waals surface area contributed by atoms with E-state index in [9.17, 15) is 0 Å². The first-order valence-electron chi connectivity index (χ1n) is 4.70. The molecule has 13 heavy (non-hydrogen) atoms. The van der Waals surface area contributed by atoms with Crippen molar-refractivity contribution in [3.05, 3.63) is 29.8 Å². The van der Waals surface area contributed by atoms with E-state index >= 15 is 0 Å². The molecule has 0 radical (unpaired) electrons. The number of halogens is 1. The van der Waals surface area contributed by atoms with Gasteiger partial charge in [0, 0.05) is 11.8 Å². The Morgan fingerprint density at radius 3 is 3.00 bits per heavy atom. The molecule has 1 aliphatic rings. The van der Waals surface area contributed by atoms with Gasteiger partial charge >= 0.3 is 0 Å². The van der Waals surface area contributed by atoms with Crippen LogP contribution in [0.2, 0.25) is 0 Å².